The van der Waals surface area contributed by atoms with E-state index in [1.807, 2.05) is 23.9 Å². The standard InChI is InChI=1S/C12H19NOS/c1-3-10(2)15-9-12(14)8-11-4-6-13-7-5-11/h4-7,10,12,14H,3,8-9H2,1-2H3. The van der Waals surface area contributed by atoms with Gasteiger partial charge in [-0.2, -0.15) is 11.8 Å². The van der Waals surface area contributed by atoms with Crippen molar-refractivity contribution in [3.05, 3.63) is 30.1 Å². The molecule has 0 saturated carbocycles. The highest BCUT2D eigenvalue weighted by Gasteiger charge is 2.07. The van der Waals surface area contributed by atoms with Crippen molar-refractivity contribution in [2.24, 2.45) is 0 Å². The van der Waals surface area contributed by atoms with Gasteiger partial charge in [-0.1, -0.05) is 13.8 Å². The van der Waals surface area contributed by atoms with Crippen LogP contribution in [0.1, 0.15) is 25.8 Å². The Labute approximate surface area is 96.1 Å². The van der Waals surface area contributed by atoms with Crippen LogP contribution in [0.25, 0.3) is 0 Å². The van der Waals surface area contributed by atoms with E-state index in [9.17, 15) is 5.11 Å². The average molecular weight is 225 g/mol. The first-order valence-corrected chi connectivity index (χ1v) is 6.45. The van der Waals surface area contributed by atoms with Gasteiger partial charge in [0.2, 0.25) is 0 Å². The summed E-state index contributed by atoms with van der Waals surface area (Å²) in [5, 5.41) is 10.4. The van der Waals surface area contributed by atoms with E-state index in [0.29, 0.717) is 5.25 Å². The van der Waals surface area contributed by atoms with Gasteiger partial charge < -0.3 is 5.11 Å². The first kappa shape index (κ1) is 12.5. The van der Waals surface area contributed by atoms with Crippen LogP contribution in [-0.2, 0) is 6.42 Å². The zero-order chi connectivity index (χ0) is 11.1. The van der Waals surface area contributed by atoms with Gasteiger partial charge in [0.1, 0.15) is 0 Å². The van der Waals surface area contributed by atoms with E-state index >= 15 is 0 Å². The van der Waals surface area contributed by atoms with Crippen LogP contribution >= 0.6 is 11.8 Å². The van der Waals surface area contributed by atoms with Gasteiger partial charge in [0.15, 0.2) is 0 Å². The third-order valence-corrected chi connectivity index (χ3v) is 3.85. The minimum Gasteiger partial charge on any atom is -0.392 e. The molecule has 3 heteroatoms. The van der Waals surface area contributed by atoms with Crippen LogP contribution in [0, 0.1) is 0 Å². The number of nitrogens with zero attached hydrogens (tertiary/aromatic N) is 1. The third kappa shape index (κ3) is 5.19. The molecule has 1 rings (SSSR count). The van der Waals surface area contributed by atoms with Crippen LogP contribution in [0.15, 0.2) is 24.5 Å². The number of hydrogen-bond acceptors (Lipinski definition) is 3. The molecule has 0 radical (unpaired) electrons. The summed E-state index contributed by atoms with van der Waals surface area (Å²) in [5.74, 6) is 0.817. The van der Waals surface area contributed by atoms with Crippen molar-refractivity contribution in [3.63, 3.8) is 0 Å². The maximum Gasteiger partial charge on any atom is 0.0671 e. The Morgan fingerprint density at radius 3 is 2.67 bits per heavy atom. The minimum atomic E-state index is -0.244. The quantitative estimate of drug-likeness (QED) is 0.807. The summed E-state index contributed by atoms with van der Waals surface area (Å²) in [5.41, 5.74) is 1.15. The molecule has 0 aliphatic rings. The Balaban J connectivity index is 2.27. The Morgan fingerprint density at radius 2 is 2.07 bits per heavy atom. The van der Waals surface area contributed by atoms with Crippen molar-refractivity contribution < 1.29 is 5.11 Å². The van der Waals surface area contributed by atoms with E-state index in [0.717, 1.165) is 24.2 Å². The van der Waals surface area contributed by atoms with Gasteiger partial charge in [-0.3, -0.25) is 4.98 Å². The highest BCUT2D eigenvalue weighted by atomic mass is 32.2. The summed E-state index contributed by atoms with van der Waals surface area (Å²) in [6.45, 7) is 4.37. The Kier molecular flexibility index (Phi) is 5.73. The van der Waals surface area contributed by atoms with Gasteiger partial charge >= 0.3 is 0 Å². The minimum absolute atomic E-state index is 0.244. The third-order valence-electron chi connectivity index (χ3n) is 2.37. The molecule has 0 spiro atoms. The number of aromatic nitrogens is 1. The largest absolute Gasteiger partial charge is 0.392 e. The molecule has 0 amide bonds. The van der Waals surface area contributed by atoms with Crippen molar-refractivity contribution >= 4 is 11.8 Å². The summed E-state index contributed by atoms with van der Waals surface area (Å²) >= 11 is 1.84. The number of hydrogen-bond donors (Lipinski definition) is 1. The van der Waals surface area contributed by atoms with Crippen LogP contribution in [0.3, 0.4) is 0 Å². The molecule has 1 N–H and O–H groups in total. The van der Waals surface area contributed by atoms with Crippen molar-refractivity contribution in [2.75, 3.05) is 5.75 Å². The summed E-state index contributed by atoms with van der Waals surface area (Å²) in [7, 11) is 0. The average Bonchev–Trinajstić information content (AvgIpc) is 2.27. The lowest BCUT2D eigenvalue weighted by atomic mass is 10.1. The molecule has 2 nitrogen and oxygen atoms in total. The topological polar surface area (TPSA) is 33.1 Å². The highest BCUT2D eigenvalue weighted by molar-refractivity contribution is 7.99. The maximum atomic E-state index is 9.81. The van der Waals surface area contributed by atoms with E-state index < -0.39 is 0 Å². The van der Waals surface area contributed by atoms with E-state index in [2.05, 4.69) is 18.8 Å². The van der Waals surface area contributed by atoms with Crippen molar-refractivity contribution in [1.29, 1.82) is 0 Å². The number of rotatable bonds is 6. The molecule has 2 unspecified atom stereocenters. The Bertz CT molecular complexity index is 266. The molecule has 0 bridgehead atoms. The van der Waals surface area contributed by atoms with Crippen LogP contribution < -0.4 is 0 Å². The fourth-order valence-electron chi connectivity index (χ4n) is 1.24. The zero-order valence-corrected chi connectivity index (χ0v) is 10.2. The smallest absolute Gasteiger partial charge is 0.0671 e. The van der Waals surface area contributed by atoms with E-state index in [1.165, 1.54) is 0 Å². The van der Waals surface area contributed by atoms with E-state index in [4.69, 9.17) is 0 Å². The van der Waals surface area contributed by atoms with Crippen LogP contribution in [0.2, 0.25) is 0 Å². The Morgan fingerprint density at radius 1 is 1.40 bits per heavy atom. The second-order valence-corrected chi connectivity index (χ2v) is 5.24. The van der Waals surface area contributed by atoms with Gasteiger partial charge in [0, 0.05) is 23.4 Å². The summed E-state index contributed by atoms with van der Waals surface area (Å²) in [6, 6.07) is 3.91. The van der Waals surface area contributed by atoms with Gasteiger partial charge in [0.25, 0.3) is 0 Å². The number of thioether (sulfide) groups is 1. The predicted molar refractivity (Wildman–Crippen MR) is 66.2 cm³/mol. The molecule has 0 fully saturated rings. The van der Waals surface area contributed by atoms with Crippen LogP contribution in [0.4, 0.5) is 0 Å². The summed E-state index contributed by atoms with van der Waals surface area (Å²) in [6.07, 6.45) is 5.18. The summed E-state index contributed by atoms with van der Waals surface area (Å²) < 4.78 is 0. The molecular formula is C12H19NOS. The van der Waals surface area contributed by atoms with Gasteiger partial charge in [-0.25, -0.2) is 0 Å². The fourth-order valence-corrected chi connectivity index (χ4v) is 2.15. The predicted octanol–water partition coefficient (Wildman–Crippen LogP) is 2.52. The SMILES string of the molecule is CCC(C)SCC(O)Cc1ccncc1. The normalized spacial score (nSPS) is 14.9. The molecular weight excluding hydrogens is 206 g/mol. The maximum absolute atomic E-state index is 9.81. The molecule has 1 aromatic heterocycles. The van der Waals surface area contributed by atoms with Crippen LogP contribution in [0.5, 0.6) is 0 Å². The molecule has 84 valence electrons. The second kappa shape index (κ2) is 6.85. The zero-order valence-electron chi connectivity index (χ0n) is 9.39. The highest BCUT2D eigenvalue weighted by Crippen LogP contribution is 2.16. The molecule has 1 aromatic rings. The van der Waals surface area contributed by atoms with E-state index in [-0.39, 0.29) is 6.10 Å². The first-order chi connectivity index (χ1) is 7.22. The van der Waals surface area contributed by atoms with Gasteiger partial charge in [0.05, 0.1) is 6.10 Å². The van der Waals surface area contributed by atoms with Crippen molar-refractivity contribution in [1.82, 2.24) is 4.98 Å². The molecule has 1 heterocycles. The lowest BCUT2D eigenvalue weighted by molar-refractivity contribution is 0.200. The van der Waals surface area contributed by atoms with E-state index in [1.54, 1.807) is 12.4 Å². The van der Waals surface area contributed by atoms with Crippen molar-refractivity contribution in [2.45, 2.75) is 38.0 Å². The van der Waals surface area contributed by atoms with Crippen molar-refractivity contribution in [3.8, 4) is 0 Å². The summed E-state index contributed by atoms with van der Waals surface area (Å²) in [4.78, 5) is 3.95. The molecule has 15 heavy (non-hydrogen) atoms. The first-order valence-electron chi connectivity index (χ1n) is 5.41. The monoisotopic (exact) mass is 225 g/mol. The number of aliphatic hydroxyl groups excluding tert-OH is 1. The lowest BCUT2D eigenvalue weighted by Gasteiger charge is -2.13. The Hall–Kier alpha value is -0.540. The second-order valence-electron chi connectivity index (χ2n) is 3.77. The lowest BCUT2D eigenvalue weighted by Crippen LogP contribution is -2.15. The molecule has 0 aliphatic carbocycles. The number of pyridine rings is 1. The number of aliphatic hydroxyl groups is 1. The van der Waals surface area contributed by atoms with Gasteiger partial charge in [-0.15, -0.1) is 0 Å². The van der Waals surface area contributed by atoms with Gasteiger partial charge in [-0.05, 0) is 30.5 Å². The fraction of sp³-hybridized carbons (Fsp3) is 0.583. The molecule has 0 saturated heterocycles. The molecule has 2 atom stereocenters. The molecule has 0 aliphatic heterocycles. The van der Waals surface area contributed by atoms with Crippen LogP contribution in [-0.4, -0.2) is 27.2 Å². The molecule has 0 aromatic carbocycles.